The van der Waals surface area contributed by atoms with Gasteiger partial charge in [-0.05, 0) is 56.9 Å². The Labute approximate surface area is 134 Å². The summed E-state index contributed by atoms with van der Waals surface area (Å²) >= 11 is 1.95. The van der Waals surface area contributed by atoms with Gasteiger partial charge in [-0.3, -0.25) is 0 Å². The molecule has 0 saturated heterocycles. The molecule has 1 aromatic heterocycles. The standard InChI is InChI=1S/C18H32N2S/c1-6-11-19-12-16-13(2)20-17(21-16)14-7-9-15(10-8-14)18(3,4)5/h14-15,19H,6-12H2,1-5H3. The molecule has 2 rings (SSSR count). The fraction of sp³-hybridized carbons (Fsp3) is 0.833. The zero-order valence-corrected chi connectivity index (χ0v) is 15.3. The van der Waals surface area contributed by atoms with Crippen molar-refractivity contribution in [3.05, 3.63) is 15.6 Å². The van der Waals surface area contributed by atoms with Crippen LogP contribution in [0.15, 0.2) is 0 Å². The van der Waals surface area contributed by atoms with Gasteiger partial charge in [-0.2, -0.15) is 0 Å². The average Bonchev–Trinajstić information content (AvgIpc) is 2.80. The topological polar surface area (TPSA) is 24.9 Å². The molecule has 1 saturated carbocycles. The van der Waals surface area contributed by atoms with Gasteiger partial charge in [0.25, 0.3) is 0 Å². The smallest absolute Gasteiger partial charge is 0.0962 e. The van der Waals surface area contributed by atoms with Crippen molar-refractivity contribution in [3.63, 3.8) is 0 Å². The molecule has 1 aromatic rings. The van der Waals surface area contributed by atoms with Crippen LogP contribution in [0.25, 0.3) is 0 Å². The summed E-state index contributed by atoms with van der Waals surface area (Å²) in [6.07, 6.45) is 6.60. The van der Waals surface area contributed by atoms with E-state index in [1.165, 1.54) is 47.7 Å². The Morgan fingerprint density at radius 1 is 1.19 bits per heavy atom. The molecule has 1 aliphatic carbocycles. The quantitative estimate of drug-likeness (QED) is 0.749. The molecule has 0 unspecified atom stereocenters. The third kappa shape index (κ3) is 4.53. The summed E-state index contributed by atoms with van der Waals surface area (Å²) in [7, 11) is 0. The fourth-order valence-electron chi connectivity index (χ4n) is 3.37. The molecule has 1 heterocycles. The second kappa shape index (κ2) is 7.23. The second-order valence-electron chi connectivity index (χ2n) is 7.65. The van der Waals surface area contributed by atoms with Gasteiger partial charge in [0.15, 0.2) is 0 Å². The van der Waals surface area contributed by atoms with E-state index in [1.54, 1.807) is 0 Å². The third-order valence-corrected chi connectivity index (χ3v) is 6.24. The third-order valence-electron chi connectivity index (χ3n) is 4.92. The highest BCUT2D eigenvalue weighted by Crippen LogP contribution is 2.44. The first kappa shape index (κ1) is 17.0. The molecule has 0 bridgehead atoms. The van der Waals surface area contributed by atoms with Gasteiger partial charge in [0.2, 0.25) is 0 Å². The van der Waals surface area contributed by atoms with Crippen molar-refractivity contribution in [1.29, 1.82) is 0 Å². The summed E-state index contributed by atoms with van der Waals surface area (Å²) in [6.45, 7) is 13.7. The lowest BCUT2D eigenvalue weighted by Crippen LogP contribution is -2.25. The van der Waals surface area contributed by atoms with Crippen LogP contribution < -0.4 is 5.32 Å². The Hall–Kier alpha value is -0.410. The normalized spacial score (nSPS) is 23.5. The van der Waals surface area contributed by atoms with E-state index in [-0.39, 0.29) is 0 Å². The number of hydrogen-bond acceptors (Lipinski definition) is 3. The summed E-state index contributed by atoms with van der Waals surface area (Å²) in [4.78, 5) is 6.32. The van der Waals surface area contributed by atoms with E-state index in [2.05, 4.69) is 39.9 Å². The van der Waals surface area contributed by atoms with Crippen molar-refractivity contribution in [2.75, 3.05) is 6.54 Å². The van der Waals surface area contributed by atoms with Crippen LogP contribution in [-0.2, 0) is 6.54 Å². The molecular weight excluding hydrogens is 276 g/mol. The number of thiazole rings is 1. The summed E-state index contributed by atoms with van der Waals surface area (Å²) in [5, 5.41) is 4.90. The van der Waals surface area contributed by atoms with Gasteiger partial charge >= 0.3 is 0 Å². The Bertz CT molecular complexity index is 437. The lowest BCUT2D eigenvalue weighted by atomic mass is 9.70. The maximum absolute atomic E-state index is 4.88. The van der Waals surface area contributed by atoms with Crippen molar-refractivity contribution in [2.24, 2.45) is 11.3 Å². The van der Waals surface area contributed by atoms with Crippen molar-refractivity contribution in [1.82, 2.24) is 10.3 Å². The number of nitrogens with one attached hydrogen (secondary N) is 1. The van der Waals surface area contributed by atoms with E-state index in [0.29, 0.717) is 11.3 Å². The van der Waals surface area contributed by atoms with Crippen LogP contribution in [0.4, 0.5) is 0 Å². The highest BCUT2D eigenvalue weighted by molar-refractivity contribution is 7.11. The summed E-state index contributed by atoms with van der Waals surface area (Å²) in [5.74, 6) is 1.60. The van der Waals surface area contributed by atoms with Crippen molar-refractivity contribution < 1.29 is 0 Å². The van der Waals surface area contributed by atoms with Crippen LogP contribution in [-0.4, -0.2) is 11.5 Å². The number of nitrogens with zero attached hydrogens (tertiary/aromatic N) is 1. The molecule has 120 valence electrons. The predicted octanol–water partition coefficient (Wildman–Crippen LogP) is 5.27. The minimum absolute atomic E-state index is 0.471. The van der Waals surface area contributed by atoms with Crippen LogP contribution >= 0.6 is 11.3 Å². The van der Waals surface area contributed by atoms with E-state index in [1.807, 2.05) is 11.3 Å². The molecule has 2 nitrogen and oxygen atoms in total. The zero-order chi connectivity index (χ0) is 15.5. The highest BCUT2D eigenvalue weighted by Gasteiger charge is 2.31. The van der Waals surface area contributed by atoms with Gasteiger partial charge in [0.1, 0.15) is 0 Å². The van der Waals surface area contributed by atoms with Crippen molar-refractivity contribution >= 4 is 11.3 Å². The fourth-order valence-corrected chi connectivity index (χ4v) is 4.58. The molecule has 0 atom stereocenters. The Kier molecular flexibility index (Phi) is 5.84. The van der Waals surface area contributed by atoms with Gasteiger partial charge < -0.3 is 5.32 Å². The molecule has 3 heteroatoms. The number of aromatic nitrogens is 1. The molecule has 0 radical (unpaired) electrons. The van der Waals surface area contributed by atoms with Gasteiger partial charge in [-0.25, -0.2) is 4.98 Å². The van der Waals surface area contributed by atoms with Gasteiger partial charge in [-0.15, -0.1) is 11.3 Å². The summed E-state index contributed by atoms with van der Waals surface area (Å²) in [5.41, 5.74) is 1.72. The van der Waals surface area contributed by atoms with Crippen LogP contribution in [0.1, 0.15) is 81.3 Å². The van der Waals surface area contributed by atoms with E-state index in [4.69, 9.17) is 4.98 Å². The second-order valence-corrected chi connectivity index (χ2v) is 8.77. The maximum Gasteiger partial charge on any atom is 0.0962 e. The van der Waals surface area contributed by atoms with E-state index in [0.717, 1.165) is 19.0 Å². The van der Waals surface area contributed by atoms with Crippen molar-refractivity contribution in [2.45, 2.75) is 79.2 Å². The van der Waals surface area contributed by atoms with Crippen molar-refractivity contribution in [3.8, 4) is 0 Å². The molecule has 1 aliphatic rings. The minimum Gasteiger partial charge on any atom is -0.312 e. The van der Waals surface area contributed by atoms with Crippen LogP contribution in [0.2, 0.25) is 0 Å². The average molecular weight is 309 g/mol. The number of rotatable bonds is 5. The molecule has 0 amide bonds. The minimum atomic E-state index is 0.471. The zero-order valence-electron chi connectivity index (χ0n) is 14.5. The molecule has 0 aliphatic heterocycles. The molecule has 0 spiro atoms. The Morgan fingerprint density at radius 3 is 2.43 bits per heavy atom. The summed E-state index contributed by atoms with van der Waals surface area (Å²) < 4.78 is 0. The molecule has 0 aromatic carbocycles. The molecular formula is C18H32N2S. The van der Waals surface area contributed by atoms with Gasteiger partial charge in [-0.1, -0.05) is 27.7 Å². The predicted molar refractivity (Wildman–Crippen MR) is 93.0 cm³/mol. The van der Waals surface area contributed by atoms with Crippen LogP contribution in [0.5, 0.6) is 0 Å². The Balaban J connectivity index is 1.93. The number of hydrogen-bond donors (Lipinski definition) is 1. The largest absolute Gasteiger partial charge is 0.312 e. The highest BCUT2D eigenvalue weighted by atomic mass is 32.1. The Morgan fingerprint density at radius 2 is 1.86 bits per heavy atom. The van der Waals surface area contributed by atoms with Gasteiger partial charge in [0.05, 0.1) is 10.7 Å². The van der Waals surface area contributed by atoms with E-state index in [9.17, 15) is 0 Å². The first-order valence-electron chi connectivity index (χ1n) is 8.58. The van der Waals surface area contributed by atoms with E-state index >= 15 is 0 Å². The summed E-state index contributed by atoms with van der Waals surface area (Å²) in [6, 6.07) is 0. The van der Waals surface area contributed by atoms with Crippen LogP contribution in [0.3, 0.4) is 0 Å². The SMILES string of the molecule is CCCNCc1sc(C2CCC(C(C)(C)C)CC2)nc1C. The monoisotopic (exact) mass is 308 g/mol. The lowest BCUT2D eigenvalue weighted by Gasteiger charge is -2.36. The van der Waals surface area contributed by atoms with Gasteiger partial charge in [0, 0.05) is 17.3 Å². The molecule has 1 N–H and O–H groups in total. The first-order chi connectivity index (χ1) is 9.91. The van der Waals surface area contributed by atoms with Crippen LogP contribution in [0, 0.1) is 18.3 Å². The maximum atomic E-state index is 4.88. The molecule has 1 fully saturated rings. The first-order valence-corrected chi connectivity index (χ1v) is 9.40. The van der Waals surface area contributed by atoms with E-state index < -0.39 is 0 Å². The number of aryl methyl sites for hydroxylation is 1. The lowest BCUT2D eigenvalue weighted by molar-refractivity contribution is 0.169. The molecule has 21 heavy (non-hydrogen) atoms.